The first-order chi connectivity index (χ1) is 7.98. The van der Waals surface area contributed by atoms with Gasteiger partial charge >= 0.3 is 12.0 Å². The van der Waals surface area contributed by atoms with Crippen molar-refractivity contribution in [2.75, 3.05) is 5.32 Å². The number of aliphatic carboxylic acids is 1. The normalized spacial score (nSPS) is 13.8. The standard InChI is InChI=1S/C9H14N4O3S/c1-3-4-9(2,6(14)15)12-7(16)11-8-13-10-5-17-8/h5H,3-4H2,1-2H3,(H,14,15)(H2,11,12,13,16). The number of hydrogen-bond donors (Lipinski definition) is 3. The highest BCUT2D eigenvalue weighted by molar-refractivity contribution is 7.13. The molecule has 1 rings (SSSR count). The fraction of sp³-hybridized carbons (Fsp3) is 0.556. The number of anilines is 1. The van der Waals surface area contributed by atoms with Crippen LogP contribution in [0.25, 0.3) is 0 Å². The Kier molecular flexibility index (Phi) is 4.38. The highest BCUT2D eigenvalue weighted by Gasteiger charge is 2.33. The van der Waals surface area contributed by atoms with Crippen LogP contribution in [0.1, 0.15) is 26.7 Å². The van der Waals surface area contributed by atoms with Crippen LogP contribution in [0.15, 0.2) is 5.51 Å². The number of nitrogens with zero attached hydrogens (tertiary/aromatic N) is 2. The van der Waals surface area contributed by atoms with Gasteiger partial charge in [-0.15, -0.1) is 10.2 Å². The molecular weight excluding hydrogens is 244 g/mol. The Balaban J connectivity index is 2.61. The van der Waals surface area contributed by atoms with Gasteiger partial charge in [-0.05, 0) is 13.3 Å². The summed E-state index contributed by atoms with van der Waals surface area (Å²) in [5.41, 5.74) is 0.196. The van der Waals surface area contributed by atoms with Crippen molar-refractivity contribution in [3.63, 3.8) is 0 Å². The third kappa shape index (κ3) is 3.66. The third-order valence-corrected chi connectivity index (χ3v) is 2.80. The van der Waals surface area contributed by atoms with Crippen LogP contribution in [0.3, 0.4) is 0 Å². The average Bonchev–Trinajstić information content (AvgIpc) is 2.70. The predicted octanol–water partition coefficient (Wildman–Crippen LogP) is 1.30. The molecule has 8 heteroatoms. The summed E-state index contributed by atoms with van der Waals surface area (Å²) < 4.78 is 0. The summed E-state index contributed by atoms with van der Waals surface area (Å²) in [5.74, 6) is -1.06. The minimum atomic E-state index is -1.27. The molecule has 0 aliphatic heterocycles. The molecule has 3 N–H and O–H groups in total. The number of urea groups is 1. The summed E-state index contributed by atoms with van der Waals surface area (Å²) in [6.07, 6.45) is 1.01. The van der Waals surface area contributed by atoms with Gasteiger partial charge in [-0.25, -0.2) is 9.59 Å². The zero-order chi connectivity index (χ0) is 12.9. The Labute approximate surface area is 102 Å². The molecule has 0 bridgehead atoms. The lowest BCUT2D eigenvalue weighted by molar-refractivity contribution is -0.143. The lowest BCUT2D eigenvalue weighted by atomic mass is 9.97. The molecule has 1 unspecified atom stereocenters. The van der Waals surface area contributed by atoms with Crippen LogP contribution in [0.5, 0.6) is 0 Å². The molecule has 1 aromatic rings. The first-order valence-electron chi connectivity index (χ1n) is 5.06. The first kappa shape index (κ1) is 13.4. The average molecular weight is 258 g/mol. The maximum absolute atomic E-state index is 11.6. The highest BCUT2D eigenvalue weighted by Crippen LogP contribution is 2.14. The van der Waals surface area contributed by atoms with E-state index in [0.29, 0.717) is 18.0 Å². The number of carboxylic acid groups (broad SMARTS) is 1. The number of carbonyl (C=O) groups is 2. The van der Waals surface area contributed by atoms with Gasteiger partial charge in [0, 0.05) is 0 Å². The number of hydrogen-bond acceptors (Lipinski definition) is 5. The van der Waals surface area contributed by atoms with Crippen LogP contribution in [0.4, 0.5) is 9.93 Å². The van der Waals surface area contributed by atoms with Crippen LogP contribution >= 0.6 is 11.3 Å². The van der Waals surface area contributed by atoms with Gasteiger partial charge in [0.2, 0.25) is 5.13 Å². The van der Waals surface area contributed by atoms with Gasteiger partial charge in [-0.2, -0.15) is 0 Å². The minimum absolute atomic E-state index is 0.326. The number of amides is 2. The van der Waals surface area contributed by atoms with Crippen molar-refractivity contribution in [1.82, 2.24) is 15.5 Å². The van der Waals surface area contributed by atoms with Crippen molar-refractivity contribution in [3.05, 3.63) is 5.51 Å². The van der Waals surface area contributed by atoms with Crippen LogP contribution in [0.2, 0.25) is 0 Å². The van der Waals surface area contributed by atoms with Crippen LogP contribution in [-0.4, -0.2) is 32.8 Å². The second kappa shape index (κ2) is 5.58. The van der Waals surface area contributed by atoms with Crippen molar-refractivity contribution in [1.29, 1.82) is 0 Å². The van der Waals surface area contributed by atoms with E-state index in [1.165, 1.54) is 12.4 Å². The molecule has 17 heavy (non-hydrogen) atoms. The number of rotatable bonds is 5. The molecule has 1 heterocycles. The SMILES string of the molecule is CCCC(C)(NC(=O)Nc1nncs1)C(=O)O. The molecule has 0 aromatic carbocycles. The minimum Gasteiger partial charge on any atom is -0.480 e. The molecular formula is C9H14N4O3S. The lowest BCUT2D eigenvalue weighted by Gasteiger charge is -2.25. The molecule has 94 valence electrons. The Morgan fingerprint density at radius 3 is 2.76 bits per heavy atom. The van der Waals surface area contributed by atoms with E-state index in [4.69, 9.17) is 5.11 Å². The van der Waals surface area contributed by atoms with Gasteiger partial charge in [0.1, 0.15) is 11.0 Å². The van der Waals surface area contributed by atoms with Gasteiger partial charge in [-0.1, -0.05) is 24.7 Å². The molecule has 0 saturated heterocycles. The van der Waals surface area contributed by atoms with Crippen LogP contribution in [-0.2, 0) is 4.79 Å². The predicted molar refractivity (Wildman–Crippen MR) is 63.0 cm³/mol. The topological polar surface area (TPSA) is 104 Å². The quantitative estimate of drug-likeness (QED) is 0.738. The fourth-order valence-corrected chi connectivity index (χ4v) is 1.77. The van der Waals surface area contributed by atoms with Gasteiger partial charge < -0.3 is 10.4 Å². The first-order valence-corrected chi connectivity index (χ1v) is 5.94. The van der Waals surface area contributed by atoms with Crippen molar-refractivity contribution >= 4 is 28.5 Å². The summed E-state index contributed by atoms with van der Waals surface area (Å²) in [7, 11) is 0. The molecule has 0 aliphatic rings. The second-order valence-electron chi connectivity index (χ2n) is 3.71. The summed E-state index contributed by atoms with van der Waals surface area (Å²) in [4.78, 5) is 22.6. The Hall–Kier alpha value is -1.70. The molecule has 0 radical (unpaired) electrons. The number of carbonyl (C=O) groups excluding carboxylic acids is 1. The molecule has 1 aromatic heterocycles. The molecule has 0 fully saturated rings. The Morgan fingerprint density at radius 2 is 2.29 bits per heavy atom. The molecule has 0 saturated carbocycles. The van der Waals surface area contributed by atoms with Crippen LogP contribution in [0, 0.1) is 0 Å². The maximum atomic E-state index is 11.6. The fourth-order valence-electron chi connectivity index (χ4n) is 1.33. The van der Waals surface area contributed by atoms with E-state index in [9.17, 15) is 9.59 Å². The zero-order valence-corrected chi connectivity index (χ0v) is 10.4. The summed E-state index contributed by atoms with van der Waals surface area (Å²) in [5, 5.41) is 21.4. The van der Waals surface area contributed by atoms with Gasteiger partial charge in [0.15, 0.2) is 0 Å². The van der Waals surface area contributed by atoms with Crippen molar-refractivity contribution in [2.24, 2.45) is 0 Å². The Morgan fingerprint density at radius 1 is 1.59 bits per heavy atom. The summed E-state index contributed by atoms with van der Waals surface area (Å²) in [6, 6.07) is -0.597. The van der Waals surface area contributed by atoms with Crippen LogP contribution < -0.4 is 10.6 Å². The van der Waals surface area contributed by atoms with Gasteiger partial charge in [-0.3, -0.25) is 5.32 Å². The summed E-state index contributed by atoms with van der Waals surface area (Å²) in [6.45, 7) is 3.32. The molecule has 1 atom stereocenters. The summed E-state index contributed by atoms with van der Waals surface area (Å²) >= 11 is 1.16. The van der Waals surface area contributed by atoms with Gasteiger partial charge in [0.25, 0.3) is 0 Å². The van der Waals surface area contributed by atoms with Crippen molar-refractivity contribution in [2.45, 2.75) is 32.2 Å². The van der Waals surface area contributed by atoms with Crippen molar-refractivity contribution < 1.29 is 14.7 Å². The highest BCUT2D eigenvalue weighted by atomic mass is 32.1. The lowest BCUT2D eigenvalue weighted by Crippen LogP contribution is -2.53. The van der Waals surface area contributed by atoms with Crippen molar-refractivity contribution in [3.8, 4) is 0 Å². The van der Waals surface area contributed by atoms with E-state index in [1.807, 2.05) is 6.92 Å². The van der Waals surface area contributed by atoms with E-state index in [0.717, 1.165) is 11.3 Å². The zero-order valence-electron chi connectivity index (χ0n) is 9.56. The van der Waals surface area contributed by atoms with Gasteiger partial charge in [0.05, 0.1) is 0 Å². The molecule has 0 spiro atoms. The van der Waals surface area contributed by atoms with E-state index < -0.39 is 17.5 Å². The van der Waals surface area contributed by atoms with E-state index >= 15 is 0 Å². The maximum Gasteiger partial charge on any atom is 0.329 e. The monoisotopic (exact) mass is 258 g/mol. The number of carboxylic acids is 1. The van der Waals surface area contributed by atoms with E-state index in [-0.39, 0.29) is 0 Å². The Bertz CT molecular complexity index is 395. The molecule has 2 amide bonds. The third-order valence-electron chi connectivity index (χ3n) is 2.19. The number of aromatic nitrogens is 2. The second-order valence-corrected chi connectivity index (χ2v) is 4.54. The molecule has 7 nitrogen and oxygen atoms in total. The largest absolute Gasteiger partial charge is 0.480 e. The number of nitrogens with one attached hydrogen (secondary N) is 2. The smallest absolute Gasteiger partial charge is 0.329 e. The molecule has 0 aliphatic carbocycles. The van der Waals surface area contributed by atoms with E-state index in [2.05, 4.69) is 20.8 Å². The van der Waals surface area contributed by atoms with E-state index in [1.54, 1.807) is 0 Å².